The van der Waals surface area contributed by atoms with Crippen LogP contribution in [0.3, 0.4) is 0 Å². The zero-order valence-corrected chi connectivity index (χ0v) is 22.0. The summed E-state index contributed by atoms with van der Waals surface area (Å²) in [6.45, 7) is 9.98. The lowest BCUT2D eigenvalue weighted by molar-refractivity contribution is 0.00121. The van der Waals surface area contributed by atoms with Gasteiger partial charge in [-0.15, -0.1) is 0 Å². The molecule has 0 N–H and O–H groups in total. The fraction of sp³-hybridized carbons (Fsp3) is 0.212. The summed E-state index contributed by atoms with van der Waals surface area (Å²) in [5, 5.41) is 8.72. The van der Waals surface area contributed by atoms with Crippen LogP contribution in [0.5, 0.6) is 0 Å². The molecular weight excluding hydrogens is 456 g/mol. The molecule has 186 valence electrons. The quantitative estimate of drug-likeness (QED) is 0.236. The van der Waals surface area contributed by atoms with Gasteiger partial charge in [0.05, 0.1) is 0 Å². The second-order valence-corrected chi connectivity index (χ2v) is 10.4. The summed E-state index contributed by atoms with van der Waals surface area (Å²) in [6.07, 6.45) is 0.0948. The standard InChI is InChI=1S/C17H17NO.C16H15NO/c1-17(2,3)19-18-16-14-10-6-4-8-12(14)13-9-5-7-11-15(13)16;1-11(2)18-17-16-14-9-5-3-7-12(14)13-8-4-6-10-15(13)16/h4-11H,1-3H3;3-11H,1-2H3. The summed E-state index contributed by atoms with van der Waals surface area (Å²) in [6, 6.07) is 33.3. The molecule has 0 aromatic heterocycles. The first-order valence-corrected chi connectivity index (χ1v) is 12.7. The molecule has 0 spiro atoms. The number of hydrogen-bond acceptors (Lipinski definition) is 4. The van der Waals surface area contributed by atoms with Crippen molar-refractivity contribution in [3.63, 3.8) is 0 Å². The van der Waals surface area contributed by atoms with Gasteiger partial charge in [-0.3, -0.25) is 0 Å². The van der Waals surface area contributed by atoms with Crippen LogP contribution < -0.4 is 0 Å². The molecule has 2 aliphatic carbocycles. The van der Waals surface area contributed by atoms with E-state index < -0.39 is 0 Å². The summed E-state index contributed by atoms with van der Waals surface area (Å²) in [7, 11) is 0. The third-order valence-electron chi connectivity index (χ3n) is 6.07. The third kappa shape index (κ3) is 5.05. The molecule has 4 aromatic rings. The van der Waals surface area contributed by atoms with Gasteiger partial charge in [-0.1, -0.05) is 107 Å². The Kier molecular flexibility index (Phi) is 6.66. The maximum Gasteiger partial charge on any atom is 0.129 e. The highest BCUT2D eigenvalue weighted by Crippen LogP contribution is 2.37. The van der Waals surface area contributed by atoms with Crippen LogP contribution in [0.25, 0.3) is 22.3 Å². The SMILES string of the molecule is CC(C)(C)ON=C1c2ccccc2-c2ccccc21.CC(C)ON=C1c2ccccc2-c2ccccc21. The minimum Gasteiger partial charge on any atom is -0.393 e. The largest absolute Gasteiger partial charge is 0.393 e. The molecule has 0 fully saturated rings. The van der Waals surface area contributed by atoms with Gasteiger partial charge in [-0.2, -0.15) is 0 Å². The van der Waals surface area contributed by atoms with Crippen molar-refractivity contribution in [2.24, 2.45) is 10.3 Å². The summed E-state index contributed by atoms with van der Waals surface area (Å²) >= 11 is 0. The Bertz CT molecular complexity index is 1400. The van der Waals surface area contributed by atoms with Crippen LogP contribution in [0.15, 0.2) is 107 Å². The number of benzene rings is 4. The normalized spacial score (nSPS) is 12.6. The Balaban J connectivity index is 0.000000152. The Morgan fingerprint density at radius 3 is 1.08 bits per heavy atom. The van der Waals surface area contributed by atoms with Crippen LogP contribution in [0.4, 0.5) is 0 Å². The molecular formula is C33H32N2O2. The van der Waals surface area contributed by atoms with Crippen molar-refractivity contribution < 1.29 is 9.68 Å². The third-order valence-corrected chi connectivity index (χ3v) is 6.07. The van der Waals surface area contributed by atoms with Gasteiger partial charge in [-0.25, -0.2) is 0 Å². The zero-order chi connectivity index (χ0) is 26.0. The predicted octanol–water partition coefficient (Wildman–Crippen LogP) is 8.08. The topological polar surface area (TPSA) is 43.2 Å². The maximum absolute atomic E-state index is 5.61. The molecule has 4 aromatic carbocycles. The van der Waals surface area contributed by atoms with Crippen LogP contribution in [0.2, 0.25) is 0 Å². The molecule has 0 radical (unpaired) electrons. The summed E-state index contributed by atoms with van der Waals surface area (Å²) in [4.78, 5) is 11.0. The van der Waals surface area contributed by atoms with E-state index in [1.807, 2.05) is 58.9 Å². The summed E-state index contributed by atoms with van der Waals surface area (Å²) < 4.78 is 0. The smallest absolute Gasteiger partial charge is 0.129 e. The van der Waals surface area contributed by atoms with E-state index in [0.717, 1.165) is 33.7 Å². The minimum absolute atomic E-state index is 0.0948. The highest BCUT2D eigenvalue weighted by molar-refractivity contribution is 6.25. The fourth-order valence-corrected chi connectivity index (χ4v) is 4.53. The van der Waals surface area contributed by atoms with Gasteiger partial charge in [0.25, 0.3) is 0 Å². The monoisotopic (exact) mass is 488 g/mol. The summed E-state index contributed by atoms with van der Waals surface area (Å²) in [5.41, 5.74) is 11.1. The number of rotatable bonds is 3. The van der Waals surface area contributed by atoms with E-state index in [4.69, 9.17) is 9.68 Å². The first kappa shape index (κ1) is 24.5. The Morgan fingerprint density at radius 1 is 0.486 bits per heavy atom. The lowest BCUT2D eigenvalue weighted by Crippen LogP contribution is -2.17. The fourth-order valence-electron chi connectivity index (χ4n) is 4.53. The van der Waals surface area contributed by atoms with Crippen LogP contribution >= 0.6 is 0 Å². The average molecular weight is 489 g/mol. The Hall–Kier alpha value is -4.18. The number of nitrogens with zero attached hydrogens (tertiary/aromatic N) is 2. The molecule has 4 heteroatoms. The molecule has 0 saturated heterocycles. The minimum atomic E-state index is -0.278. The molecule has 0 aliphatic heterocycles. The molecule has 0 unspecified atom stereocenters. The lowest BCUT2D eigenvalue weighted by atomic mass is 10.1. The van der Waals surface area contributed by atoms with E-state index >= 15 is 0 Å². The van der Waals surface area contributed by atoms with E-state index in [9.17, 15) is 0 Å². The van der Waals surface area contributed by atoms with Crippen LogP contribution in [0.1, 0.15) is 56.9 Å². The van der Waals surface area contributed by atoms with Gasteiger partial charge in [0.2, 0.25) is 0 Å². The van der Waals surface area contributed by atoms with E-state index in [0.29, 0.717) is 0 Å². The van der Waals surface area contributed by atoms with Crippen molar-refractivity contribution in [1.82, 2.24) is 0 Å². The first-order chi connectivity index (χ1) is 17.8. The van der Waals surface area contributed by atoms with Gasteiger partial charge >= 0.3 is 0 Å². The van der Waals surface area contributed by atoms with Crippen molar-refractivity contribution in [1.29, 1.82) is 0 Å². The molecule has 0 saturated carbocycles. The second-order valence-electron chi connectivity index (χ2n) is 10.4. The van der Waals surface area contributed by atoms with Gasteiger partial charge in [-0.05, 0) is 56.9 Å². The van der Waals surface area contributed by atoms with Crippen LogP contribution in [-0.4, -0.2) is 23.1 Å². The number of fused-ring (bicyclic) bond motifs is 6. The molecule has 0 amide bonds. The van der Waals surface area contributed by atoms with Crippen molar-refractivity contribution >= 4 is 11.4 Å². The summed E-state index contributed by atoms with van der Waals surface area (Å²) in [5.74, 6) is 0. The van der Waals surface area contributed by atoms with Crippen LogP contribution in [0, 0.1) is 0 Å². The molecule has 0 heterocycles. The lowest BCUT2D eigenvalue weighted by Gasteiger charge is -2.16. The average Bonchev–Trinajstić information content (AvgIpc) is 3.39. The molecule has 4 nitrogen and oxygen atoms in total. The Morgan fingerprint density at radius 2 is 0.784 bits per heavy atom. The second kappa shape index (κ2) is 10.1. The van der Waals surface area contributed by atoms with Crippen LogP contribution in [-0.2, 0) is 9.68 Å². The molecule has 2 aliphatic rings. The van der Waals surface area contributed by atoms with Crippen molar-refractivity contribution in [2.45, 2.75) is 46.3 Å². The highest BCUT2D eigenvalue weighted by atomic mass is 16.6. The van der Waals surface area contributed by atoms with Gasteiger partial charge in [0.15, 0.2) is 0 Å². The van der Waals surface area contributed by atoms with E-state index in [1.165, 1.54) is 22.3 Å². The molecule has 6 rings (SSSR count). The highest BCUT2D eigenvalue weighted by Gasteiger charge is 2.26. The molecule has 0 atom stereocenters. The number of hydrogen-bond donors (Lipinski definition) is 0. The maximum atomic E-state index is 5.61. The Labute approximate surface area is 219 Å². The van der Waals surface area contributed by atoms with E-state index in [-0.39, 0.29) is 11.7 Å². The molecule has 37 heavy (non-hydrogen) atoms. The van der Waals surface area contributed by atoms with Gasteiger partial charge in [0, 0.05) is 22.3 Å². The van der Waals surface area contributed by atoms with E-state index in [1.54, 1.807) is 0 Å². The van der Waals surface area contributed by atoms with Gasteiger partial charge < -0.3 is 9.68 Å². The van der Waals surface area contributed by atoms with E-state index in [2.05, 4.69) is 83.1 Å². The number of oxime groups is 2. The first-order valence-electron chi connectivity index (χ1n) is 12.7. The predicted molar refractivity (Wildman–Crippen MR) is 152 cm³/mol. The molecule has 0 bridgehead atoms. The zero-order valence-electron chi connectivity index (χ0n) is 22.0. The van der Waals surface area contributed by atoms with Crippen molar-refractivity contribution in [3.8, 4) is 22.3 Å². The van der Waals surface area contributed by atoms with Crippen molar-refractivity contribution in [3.05, 3.63) is 119 Å². The van der Waals surface area contributed by atoms with Crippen molar-refractivity contribution in [2.75, 3.05) is 0 Å². The van der Waals surface area contributed by atoms with Gasteiger partial charge in [0.1, 0.15) is 23.1 Å².